The summed E-state index contributed by atoms with van der Waals surface area (Å²) in [5.41, 5.74) is 0.886. The van der Waals surface area contributed by atoms with Crippen LogP contribution < -0.4 is 4.74 Å². The molecule has 98 valence electrons. The van der Waals surface area contributed by atoms with Crippen molar-refractivity contribution < 1.29 is 4.74 Å². The predicted molar refractivity (Wildman–Crippen MR) is 73.9 cm³/mol. The largest absolute Gasteiger partial charge is 0.496 e. The number of thioether (sulfide) groups is 1. The molecule has 0 bridgehead atoms. The Hall–Kier alpha value is -2.00. The molecule has 6 heteroatoms. The maximum Gasteiger partial charge on any atom is 0.192 e. The van der Waals surface area contributed by atoms with Crippen LogP contribution in [0.4, 0.5) is 0 Å². The number of hydrogen-bond acceptors (Lipinski definition) is 5. The first-order valence-electron chi connectivity index (χ1n) is 5.76. The van der Waals surface area contributed by atoms with Gasteiger partial charge in [-0.15, -0.1) is 10.2 Å². The number of methoxy groups -OCH3 is 1. The lowest BCUT2D eigenvalue weighted by Crippen LogP contribution is -1.99. The van der Waals surface area contributed by atoms with Crippen molar-refractivity contribution in [1.82, 2.24) is 14.8 Å². The summed E-state index contributed by atoms with van der Waals surface area (Å²) in [6, 6.07) is 9.83. The van der Waals surface area contributed by atoms with Gasteiger partial charge < -0.3 is 9.30 Å². The molecule has 0 saturated heterocycles. The zero-order valence-corrected chi connectivity index (χ0v) is 11.8. The SMILES string of the molecule is COc1ccccc1-c1nnc(S[C@H](C)C#N)n1C. The van der Waals surface area contributed by atoms with Gasteiger partial charge in [-0.05, 0) is 19.1 Å². The van der Waals surface area contributed by atoms with Crippen molar-refractivity contribution in [3.63, 3.8) is 0 Å². The van der Waals surface area contributed by atoms with Crippen molar-refractivity contribution in [3.8, 4) is 23.2 Å². The van der Waals surface area contributed by atoms with Crippen molar-refractivity contribution >= 4 is 11.8 Å². The molecule has 2 rings (SSSR count). The summed E-state index contributed by atoms with van der Waals surface area (Å²) in [5, 5.41) is 17.7. The molecule has 1 heterocycles. The Labute approximate surface area is 116 Å². The van der Waals surface area contributed by atoms with Crippen LogP contribution in [-0.2, 0) is 7.05 Å². The van der Waals surface area contributed by atoms with E-state index in [1.54, 1.807) is 7.11 Å². The molecule has 19 heavy (non-hydrogen) atoms. The Morgan fingerprint density at radius 1 is 1.37 bits per heavy atom. The van der Waals surface area contributed by atoms with Crippen LogP contribution in [-0.4, -0.2) is 27.1 Å². The predicted octanol–water partition coefficient (Wildman–Crippen LogP) is 2.49. The topological polar surface area (TPSA) is 63.7 Å². The average Bonchev–Trinajstić information content (AvgIpc) is 2.80. The molecular formula is C13H14N4OS. The highest BCUT2D eigenvalue weighted by atomic mass is 32.2. The fourth-order valence-electron chi connectivity index (χ4n) is 1.67. The number of benzene rings is 1. The number of ether oxygens (including phenoxy) is 1. The van der Waals surface area contributed by atoms with Crippen LogP contribution in [0.25, 0.3) is 11.4 Å². The van der Waals surface area contributed by atoms with Gasteiger partial charge >= 0.3 is 0 Å². The first-order chi connectivity index (χ1) is 9.17. The van der Waals surface area contributed by atoms with Gasteiger partial charge in [-0.25, -0.2) is 0 Å². The van der Waals surface area contributed by atoms with Gasteiger partial charge in [0.05, 0.1) is 24.0 Å². The summed E-state index contributed by atoms with van der Waals surface area (Å²) < 4.78 is 7.20. The molecule has 0 saturated carbocycles. The van der Waals surface area contributed by atoms with Crippen molar-refractivity contribution in [1.29, 1.82) is 5.26 Å². The third kappa shape index (κ3) is 2.71. The molecule has 0 unspecified atom stereocenters. The average molecular weight is 274 g/mol. The third-order valence-corrected chi connectivity index (χ3v) is 3.67. The monoisotopic (exact) mass is 274 g/mol. The molecule has 0 amide bonds. The number of aromatic nitrogens is 3. The van der Waals surface area contributed by atoms with Gasteiger partial charge in [-0.2, -0.15) is 5.26 Å². The molecule has 0 fully saturated rings. The summed E-state index contributed by atoms with van der Waals surface area (Å²) in [5.74, 6) is 1.48. The van der Waals surface area contributed by atoms with Crippen LogP contribution in [0.2, 0.25) is 0 Å². The summed E-state index contributed by atoms with van der Waals surface area (Å²) in [4.78, 5) is 0. The normalized spacial score (nSPS) is 11.9. The van der Waals surface area contributed by atoms with Crippen molar-refractivity contribution in [2.45, 2.75) is 17.3 Å². The Bertz CT molecular complexity index is 617. The Kier molecular flexibility index (Phi) is 4.07. The molecule has 0 radical (unpaired) electrons. The van der Waals surface area contributed by atoms with Gasteiger partial charge in [0.1, 0.15) is 5.75 Å². The van der Waals surface area contributed by atoms with Crippen molar-refractivity contribution in [2.75, 3.05) is 7.11 Å². The van der Waals surface area contributed by atoms with Crippen molar-refractivity contribution in [2.24, 2.45) is 7.05 Å². The number of hydrogen-bond donors (Lipinski definition) is 0. The van der Waals surface area contributed by atoms with E-state index in [0.717, 1.165) is 22.3 Å². The smallest absolute Gasteiger partial charge is 0.192 e. The van der Waals surface area contributed by atoms with E-state index in [1.165, 1.54) is 11.8 Å². The van der Waals surface area contributed by atoms with E-state index in [0.29, 0.717) is 0 Å². The Morgan fingerprint density at radius 3 is 2.79 bits per heavy atom. The molecule has 0 aliphatic rings. The first kappa shape index (κ1) is 13.4. The van der Waals surface area contributed by atoms with Crippen LogP contribution in [0.5, 0.6) is 5.75 Å². The highest BCUT2D eigenvalue weighted by Crippen LogP contribution is 2.30. The third-order valence-electron chi connectivity index (χ3n) is 2.65. The molecule has 2 aromatic rings. The van der Waals surface area contributed by atoms with E-state index in [4.69, 9.17) is 10.00 Å². The lowest BCUT2D eigenvalue weighted by Gasteiger charge is -2.08. The molecule has 1 aromatic carbocycles. The molecule has 1 aromatic heterocycles. The maximum absolute atomic E-state index is 8.84. The number of nitriles is 1. The zero-order chi connectivity index (χ0) is 13.8. The van der Waals surface area contributed by atoms with Gasteiger partial charge in [0.15, 0.2) is 11.0 Å². The van der Waals surface area contributed by atoms with Crippen LogP contribution in [0, 0.1) is 11.3 Å². The van der Waals surface area contributed by atoms with Gasteiger partial charge in [0.2, 0.25) is 0 Å². The Morgan fingerprint density at radius 2 is 2.11 bits per heavy atom. The van der Waals surface area contributed by atoms with Gasteiger partial charge in [0, 0.05) is 7.05 Å². The highest BCUT2D eigenvalue weighted by Gasteiger charge is 2.16. The molecular weight excluding hydrogens is 260 g/mol. The van der Waals surface area contributed by atoms with Gasteiger partial charge in [0.25, 0.3) is 0 Å². The second-order valence-electron chi connectivity index (χ2n) is 3.95. The van der Waals surface area contributed by atoms with Crippen LogP contribution in [0.1, 0.15) is 6.92 Å². The lowest BCUT2D eigenvalue weighted by molar-refractivity contribution is 0.416. The molecule has 0 aliphatic heterocycles. The number of nitrogens with zero attached hydrogens (tertiary/aromatic N) is 4. The van der Waals surface area contributed by atoms with E-state index in [2.05, 4.69) is 16.3 Å². The highest BCUT2D eigenvalue weighted by molar-refractivity contribution is 8.00. The van der Waals surface area contributed by atoms with Crippen LogP contribution in [0.3, 0.4) is 0 Å². The van der Waals surface area contributed by atoms with Gasteiger partial charge in [-0.1, -0.05) is 23.9 Å². The van der Waals surface area contributed by atoms with E-state index < -0.39 is 0 Å². The summed E-state index contributed by atoms with van der Waals surface area (Å²) in [6.07, 6.45) is 0. The van der Waals surface area contributed by atoms with Crippen molar-refractivity contribution in [3.05, 3.63) is 24.3 Å². The number of para-hydroxylation sites is 1. The van der Waals surface area contributed by atoms with E-state index in [9.17, 15) is 0 Å². The van der Waals surface area contributed by atoms with E-state index in [1.807, 2.05) is 42.8 Å². The number of rotatable bonds is 4. The molecule has 0 aliphatic carbocycles. The van der Waals surface area contributed by atoms with E-state index in [-0.39, 0.29) is 5.25 Å². The zero-order valence-electron chi connectivity index (χ0n) is 11.0. The summed E-state index contributed by atoms with van der Waals surface area (Å²) in [7, 11) is 3.51. The Balaban J connectivity index is 2.39. The molecule has 5 nitrogen and oxygen atoms in total. The standard InChI is InChI=1S/C13H14N4OS/c1-9(8-14)19-13-16-15-12(17(13)2)10-6-4-5-7-11(10)18-3/h4-7,9H,1-3H3/t9-/m1/s1. The van der Waals surface area contributed by atoms with Crippen LogP contribution in [0.15, 0.2) is 29.4 Å². The minimum absolute atomic E-state index is 0.159. The van der Waals surface area contributed by atoms with Crippen LogP contribution >= 0.6 is 11.8 Å². The maximum atomic E-state index is 8.84. The van der Waals surface area contributed by atoms with Gasteiger partial charge in [-0.3, -0.25) is 0 Å². The summed E-state index contributed by atoms with van der Waals surface area (Å²) >= 11 is 1.39. The van der Waals surface area contributed by atoms with E-state index >= 15 is 0 Å². The minimum atomic E-state index is -0.159. The molecule has 0 N–H and O–H groups in total. The second kappa shape index (κ2) is 5.76. The molecule has 1 atom stereocenters. The second-order valence-corrected chi connectivity index (χ2v) is 5.26. The lowest BCUT2D eigenvalue weighted by atomic mass is 10.2. The fraction of sp³-hybridized carbons (Fsp3) is 0.308. The summed E-state index contributed by atoms with van der Waals surface area (Å²) in [6.45, 7) is 1.84. The fourth-order valence-corrected chi connectivity index (χ4v) is 2.37. The quantitative estimate of drug-likeness (QED) is 0.801. The minimum Gasteiger partial charge on any atom is -0.496 e. The first-order valence-corrected chi connectivity index (χ1v) is 6.64. The molecule has 0 spiro atoms.